The predicted octanol–water partition coefficient (Wildman–Crippen LogP) is 2.08. The minimum atomic E-state index is -1.43. The van der Waals surface area contributed by atoms with Crippen molar-refractivity contribution in [2.75, 3.05) is 0 Å². The van der Waals surface area contributed by atoms with E-state index >= 15 is 0 Å². The minimum absolute atomic E-state index is 0.293. The first-order chi connectivity index (χ1) is 11.7. The van der Waals surface area contributed by atoms with Crippen molar-refractivity contribution in [3.8, 4) is 0 Å². The molecule has 127 valence electrons. The number of aromatic carboxylic acids is 4. The van der Waals surface area contributed by atoms with Gasteiger partial charge in [0.2, 0.25) is 0 Å². The molecule has 0 amide bonds. The van der Waals surface area contributed by atoms with E-state index in [1.807, 2.05) is 0 Å². The van der Waals surface area contributed by atoms with Gasteiger partial charge in [-0.1, -0.05) is 12.1 Å². The maximum absolute atomic E-state index is 11.4. The van der Waals surface area contributed by atoms with Crippen LogP contribution in [-0.4, -0.2) is 44.3 Å². The molecule has 1 radical (unpaired) electrons. The van der Waals surface area contributed by atoms with Crippen molar-refractivity contribution in [3.63, 3.8) is 0 Å². The molecule has 0 aliphatic heterocycles. The summed E-state index contributed by atoms with van der Waals surface area (Å²) in [7, 11) is 0. The second kappa shape index (κ2) is 6.83. The van der Waals surface area contributed by atoms with E-state index in [1.54, 1.807) is 0 Å². The normalized spacial score (nSPS) is 10.2. The lowest BCUT2D eigenvalue weighted by Gasteiger charge is -2.13. The lowest BCUT2D eigenvalue weighted by atomic mass is 9.89. The van der Waals surface area contributed by atoms with Crippen LogP contribution >= 0.6 is 0 Å². The molecule has 0 aromatic heterocycles. The fourth-order valence-corrected chi connectivity index (χ4v) is 2.33. The Morgan fingerprint density at radius 3 is 1.00 bits per heavy atom. The number of carbonyl (C=O) groups is 4. The third-order valence-corrected chi connectivity index (χ3v) is 3.42. The number of benzene rings is 2. The van der Waals surface area contributed by atoms with Crippen LogP contribution in [-0.2, 0) is 0 Å². The molecule has 8 heteroatoms. The molecule has 25 heavy (non-hydrogen) atoms. The topological polar surface area (TPSA) is 149 Å². The highest BCUT2D eigenvalue weighted by Crippen LogP contribution is 2.26. The molecule has 0 fully saturated rings. The van der Waals surface area contributed by atoms with Gasteiger partial charge in [-0.3, -0.25) is 0 Å². The molecule has 0 saturated carbocycles. The zero-order valence-corrected chi connectivity index (χ0v) is 12.5. The molecule has 0 heterocycles. The summed E-state index contributed by atoms with van der Waals surface area (Å²) in [6.07, 6.45) is 0.958. The van der Waals surface area contributed by atoms with E-state index in [9.17, 15) is 39.6 Å². The standard InChI is InChI=1S/C17H11O8/c18-14(19)8-3-1-4-9(15(20)21)12(8)7-13-10(16(22)23)5-2-6-11(13)17(24)25/h1-7H,(H,18,19)(H,20,21)(H,22,23)(H,24,25). The van der Waals surface area contributed by atoms with Gasteiger partial charge in [0.1, 0.15) is 0 Å². The van der Waals surface area contributed by atoms with Gasteiger partial charge in [-0.2, -0.15) is 0 Å². The summed E-state index contributed by atoms with van der Waals surface area (Å²) < 4.78 is 0. The first kappa shape index (κ1) is 17.7. The van der Waals surface area contributed by atoms with E-state index in [4.69, 9.17) is 0 Å². The van der Waals surface area contributed by atoms with E-state index in [1.165, 1.54) is 12.1 Å². The van der Waals surface area contributed by atoms with Crippen molar-refractivity contribution in [2.24, 2.45) is 0 Å². The van der Waals surface area contributed by atoms with Crippen molar-refractivity contribution in [1.82, 2.24) is 0 Å². The quantitative estimate of drug-likeness (QED) is 0.622. The van der Waals surface area contributed by atoms with E-state index in [0.717, 1.165) is 30.7 Å². The van der Waals surface area contributed by atoms with Crippen LogP contribution in [0.5, 0.6) is 0 Å². The number of rotatable bonds is 6. The second-order valence-electron chi connectivity index (χ2n) is 4.90. The monoisotopic (exact) mass is 343 g/mol. The van der Waals surface area contributed by atoms with E-state index in [2.05, 4.69) is 0 Å². The molecule has 0 bridgehead atoms. The maximum Gasteiger partial charge on any atom is 0.336 e. The first-order valence-corrected chi connectivity index (χ1v) is 6.78. The Morgan fingerprint density at radius 2 is 0.800 bits per heavy atom. The number of hydrogen-bond acceptors (Lipinski definition) is 4. The Morgan fingerprint density at radius 1 is 0.560 bits per heavy atom. The zero-order chi connectivity index (χ0) is 18.7. The fourth-order valence-electron chi connectivity index (χ4n) is 2.33. The van der Waals surface area contributed by atoms with Crippen LogP contribution in [0.3, 0.4) is 0 Å². The van der Waals surface area contributed by atoms with Crippen molar-refractivity contribution < 1.29 is 39.6 Å². The van der Waals surface area contributed by atoms with Crippen molar-refractivity contribution >= 4 is 23.9 Å². The highest BCUT2D eigenvalue weighted by molar-refractivity contribution is 6.01. The molecule has 4 N–H and O–H groups in total. The van der Waals surface area contributed by atoms with Crippen LogP contribution in [0.1, 0.15) is 52.6 Å². The second-order valence-corrected chi connectivity index (χ2v) is 4.90. The molecule has 2 rings (SSSR count). The van der Waals surface area contributed by atoms with Crippen molar-refractivity contribution in [2.45, 2.75) is 0 Å². The van der Waals surface area contributed by atoms with Crippen LogP contribution in [0.4, 0.5) is 0 Å². The summed E-state index contributed by atoms with van der Waals surface area (Å²) in [6, 6.07) is 7.03. The highest BCUT2D eigenvalue weighted by Gasteiger charge is 2.24. The molecule has 2 aromatic rings. The summed E-state index contributed by atoms with van der Waals surface area (Å²) in [5, 5.41) is 37.0. The van der Waals surface area contributed by atoms with Crippen LogP contribution in [0, 0.1) is 6.42 Å². The smallest absolute Gasteiger partial charge is 0.336 e. The number of hydrogen-bond donors (Lipinski definition) is 4. The van der Waals surface area contributed by atoms with Gasteiger partial charge in [0.25, 0.3) is 0 Å². The molecule has 0 atom stereocenters. The maximum atomic E-state index is 11.4. The Kier molecular flexibility index (Phi) is 4.83. The van der Waals surface area contributed by atoms with Gasteiger partial charge in [0.15, 0.2) is 0 Å². The average molecular weight is 343 g/mol. The molecular weight excluding hydrogens is 332 g/mol. The van der Waals surface area contributed by atoms with Gasteiger partial charge in [-0.25, -0.2) is 19.2 Å². The molecule has 0 spiro atoms. The molecule has 2 aromatic carbocycles. The lowest BCUT2D eigenvalue weighted by Crippen LogP contribution is -2.14. The van der Waals surface area contributed by atoms with Crippen LogP contribution in [0.15, 0.2) is 36.4 Å². The van der Waals surface area contributed by atoms with Crippen LogP contribution in [0.25, 0.3) is 0 Å². The van der Waals surface area contributed by atoms with Gasteiger partial charge < -0.3 is 20.4 Å². The summed E-state index contributed by atoms with van der Waals surface area (Å²) in [5.74, 6) is -5.73. The summed E-state index contributed by atoms with van der Waals surface area (Å²) in [5.41, 5.74) is -2.15. The summed E-state index contributed by atoms with van der Waals surface area (Å²) in [4.78, 5) is 45.5. The highest BCUT2D eigenvalue weighted by atomic mass is 16.4. The van der Waals surface area contributed by atoms with Gasteiger partial charge in [-0.05, 0) is 35.4 Å². The predicted molar refractivity (Wildman–Crippen MR) is 83.2 cm³/mol. The third-order valence-electron chi connectivity index (χ3n) is 3.42. The van der Waals surface area contributed by atoms with E-state index in [0.29, 0.717) is 0 Å². The number of carboxylic acid groups (broad SMARTS) is 4. The van der Waals surface area contributed by atoms with Gasteiger partial charge in [0, 0.05) is 6.42 Å². The summed E-state index contributed by atoms with van der Waals surface area (Å²) in [6.45, 7) is 0. The molecule has 0 aliphatic carbocycles. The molecule has 0 saturated heterocycles. The van der Waals surface area contributed by atoms with Crippen LogP contribution in [0.2, 0.25) is 0 Å². The van der Waals surface area contributed by atoms with Gasteiger partial charge in [0.05, 0.1) is 22.3 Å². The Hall–Kier alpha value is -3.68. The largest absolute Gasteiger partial charge is 0.478 e. The Bertz CT molecular complexity index is 760. The zero-order valence-electron chi connectivity index (χ0n) is 12.5. The Balaban J connectivity index is 2.76. The average Bonchev–Trinajstić information content (AvgIpc) is 2.54. The molecule has 0 unspecified atom stereocenters. The van der Waals surface area contributed by atoms with E-state index < -0.39 is 46.1 Å². The van der Waals surface area contributed by atoms with Gasteiger partial charge in [-0.15, -0.1) is 0 Å². The minimum Gasteiger partial charge on any atom is -0.478 e. The van der Waals surface area contributed by atoms with Crippen molar-refractivity contribution in [3.05, 3.63) is 76.2 Å². The van der Waals surface area contributed by atoms with Crippen molar-refractivity contribution in [1.29, 1.82) is 0 Å². The fraction of sp³-hybridized carbons (Fsp3) is 0. The van der Waals surface area contributed by atoms with E-state index in [-0.39, 0.29) is 11.1 Å². The third kappa shape index (κ3) is 3.47. The first-order valence-electron chi connectivity index (χ1n) is 6.78. The van der Waals surface area contributed by atoms with Gasteiger partial charge >= 0.3 is 23.9 Å². The number of carboxylic acids is 4. The lowest BCUT2D eigenvalue weighted by molar-refractivity contribution is 0.0677. The summed E-state index contributed by atoms with van der Waals surface area (Å²) >= 11 is 0. The molecular formula is C17H11O8. The molecule has 8 nitrogen and oxygen atoms in total. The SMILES string of the molecule is O=C(O)c1cccc(C(=O)O)c1[CH]c1c(C(=O)O)cccc1C(=O)O. The van der Waals surface area contributed by atoms with Crippen LogP contribution < -0.4 is 0 Å². The molecule has 0 aliphatic rings. The Labute approximate surface area is 140 Å².